The van der Waals surface area contributed by atoms with E-state index in [9.17, 15) is 4.39 Å². The van der Waals surface area contributed by atoms with Gasteiger partial charge in [0.25, 0.3) is 0 Å². The van der Waals surface area contributed by atoms with Gasteiger partial charge < -0.3 is 0 Å². The van der Waals surface area contributed by atoms with Crippen LogP contribution in [0.5, 0.6) is 0 Å². The topological polar surface area (TPSA) is 23.8 Å². The Morgan fingerprint density at radius 2 is 2.18 bits per heavy atom. The van der Waals surface area contributed by atoms with Gasteiger partial charge in [-0.3, -0.25) is 0 Å². The van der Waals surface area contributed by atoms with Crippen molar-refractivity contribution < 1.29 is 4.39 Å². The second-order valence-corrected chi connectivity index (χ2v) is 3.37. The average Bonchev–Trinajstić information content (AvgIpc) is 1.99. The van der Waals surface area contributed by atoms with Crippen molar-refractivity contribution in [3.8, 4) is 6.07 Å². The lowest BCUT2D eigenvalue weighted by atomic mass is 10.2. The van der Waals surface area contributed by atoms with E-state index < -0.39 is 5.82 Å². The van der Waals surface area contributed by atoms with Crippen molar-refractivity contribution >= 4 is 34.2 Å². The van der Waals surface area contributed by atoms with Crippen molar-refractivity contribution in [2.75, 3.05) is 0 Å². The van der Waals surface area contributed by atoms with Gasteiger partial charge >= 0.3 is 0 Å². The second kappa shape index (κ2) is 3.37. The minimum atomic E-state index is -0.552. The third kappa shape index (κ3) is 1.63. The Hall–Kier alpha value is -0.340. The zero-order valence-electron chi connectivity index (χ0n) is 5.24. The Balaban J connectivity index is 3.44. The Bertz CT molecular complexity index is 332. The lowest BCUT2D eigenvalue weighted by molar-refractivity contribution is 0.627. The number of nitriles is 1. The fourth-order valence-electron chi connectivity index (χ4n) is 0.630. The highest BCUT2D eigenvalue weighted by atomic mass is 127. The van der Waals surface area contributed by atoms with E-state index in [0.29, 0.717) is 3.57 Å². The molecule has 1 aromatic rings. The van der Waals surface area contributed by atoms with Crippen LogP contribution in [-0.4, -0.2) is 0 Å². The molecule has 0 aliphatic carbocycles. The Kier molecular flexibility index (Phi) is 2.68. The van der Waals surface area contributed by atoms with Gasteiger partial charge in [0.2, 0.25) is 0 Å². The van der Waals surface area contributed by atoms with Gasteiger partial charge in [-0.1, -0.05) is 11.6 Å². The molecule has 1 aromatic carbocycles. The molecule has 0 N–H and O–H groups in total. The van der Waals surface area contributed by atoms with E-state index in [0.717, 1.165) is 0 Å². The molecule has 0 spiro atoms. The van der Waals surface area contributed by atoms with Crippen molar-refractivity contribution in [2.45, 2.75) is 0 Å². The first kappa shape index (κ1) is 8.75. The fraction of sp³-hybridized carbons (Fsp3) is 0. The Morgan fingerprint density at radius 1 is 1.55 bits per heavy atom. The van der Waals surface area contributed by atoms with Crippen LogP contribution in [0.15, 0.2) is 12.1 Å². The molecule has 0 unspecified atom stereocenters. The normalized spacial score (nSPS) is 9.27. The molecule has 0 saturated heterocycles. The van der Waals surface area contributed by atoms with Crippen LogP contribution < -0.4 is 0 Å². The predicted octanol–water partition coefficient (Wildman–Crippen LogP) is 2.96. The molecule has 0 saturated carbocycles. The van der Waals surface area contributed by atoms with Crippen LogP contribution in [0.25, 0.3) is 0 Å². The lowest BCUT2D eigenvalue weighted by Crippen LogP contribution is -1.86. The predicted molar refractivity (Wildman–Crippen MR) is 48.8 cm³/mol. The van der Waals surface area contributed by atoms with Crippen LogP contribution in [0.4, 0.5) is 4.39 Å². The number of hydrogen-bond acceptors (Lipinski definition) is 1. The lowest BCUT2D eigenvalue weighted by Gasteiger charge is -1.97. The zero-order valence-corrected chi connectivity index (χ0v) is 8.15. The molecule has 4 heteroatoms. The molecule has 0 atom stereocenters. The number of rotatable bonds is 0. The van der Waals surface area contributed by atoms with Crippen molar-refractivity contribution in [1.82, 2.24) is 0 Å². The third-order valence-electron chi connectivity index (χ3n) is 1.16. The summed E-state index contributed by atoms with van der Waals surface area (Å²) in [6, 6.07) is 4.58. The molecule has 0 aromatic heterocycles. The van der Waals surface area contributed by atoms with E-state index in [1.807, 2.05) is 28.7 Å². The number of benzene rings is 1. The third-order valence-corrected chi connectivity index (χ3v) is 2.42. The minimum absolute atomic E-state index is 0.0978. The van der Waals surface area contributed by atoms with Gasteiger partial charge in [0.1, 0.15) is 11.9 Å². The van der Waals surface area contributed by atoms with Crippen LogP contribution in [0.1, 0.15) is 5.56 Å². The summed E-state index contributed by atoms with van der Waals surface area (Å²) in [5, 5.41) is 8.42. The van der Waals surface area contributed by atoms with E-state index >= 15 is 0 Å². The van der Waals surface area contributed by atoms with E-state index in [1.165, 1.54) is 12.1 Å². The smallest absolute Gasteiger partial charge is 0.143 e. The summed E-state index contributed by atoms with van der Waals surface area (Å²) in [6.45, 7) is 0. The summed E-state index contributed by atoms with van der Waals surface area (Å²) < 4.78 is 13.3. The van der Waals surface area contributed by atoms with Crippen molar-refractivity contribution in [1.29, 1.82) is 5.26 Å². The molecule has 0 fully saturated rings. The van der Waals surface area contributed by atoms with Crippen molar-refractivity contribution in [3.05, 3.63) is 32.1 Å². The van der Waals surface area contributed by atoms with E-state index in [1.54, 1.807) is 0 Å². The van der Waals surface area contributed by atoms with Gasteiger partial charge in [-0.2, -0.15) is 5.26 Å². The molecule has 0 bridgehead atoms. The van der Waals surface area contributed by atoms with Gasteiger partial charge in [0.05, 0.1) is 10.6 Å². The maximum Gasteiger partial charge on any atom is 0.143 e. The molecule has 1 rings (SSSR count). The summed E-state index contributed by atoms with van der Waals surface area (Å²) in [5.41, 5.74) is 0.201. The van der Waals surface area contributed by atoms with Gasteiger partial charge in [-0.25, -0.2) is 4.39 Å². The number of hydrogen-bond donors (Lipinski definition) is 0. The van der Waals surface area contributed by atoms with Crippen LogP contribution in [0.2, 0.25) is 5.02 Å². The highest BCUT2D eigenvalue weighted by molar-refractivity contribution is 14.1. The second-order valence-electron chi connectivity index (χ2n) is 1.83. The standard InChI is InChI=1S/C7H2ClFIN/c8-7-4(3-11)6(10)2-1-5(7)9/h1-2H. The number of halogens is 3. The zero-order chi connectivity index (χ0) is 8.43. The maximum absolute atomic E-state index is 12.7. The maximum atomic E-state index is 12.7. The summed E-state index contributed by atoms with van der Waals surface area (Å²) >= 11 is 7.43. The molecule has 0 aliphatic rings. The summed E-state index contributed by atoms with van der Waals surface area (Å²) in [5.74, 6) is -0.552. The molecule has 1 nitrogen and oxygen atoms in total. The molecule has 0 heterocycles. The molecular weight excluding hydrogens is 279 g/mol. The molecule has 0 aliphatic heterocycles. The van der Waals surface area contributed by atoms with E-state index in [-0.39, 0.29) is 10.6 Å². The summed E-state index contributed by atoms with van der Waals surface area (Å²) in [6.07, 6.45) is 0. The molecule has 0 radical (unpaired) electrons. The highest BCUT2D eigenvalue weighted by Gasteiger charge is 2.08. The highest BCUT2D eigenvalue weighted by Crippen LogP contribution is 2.23. The quantitative estimate of drug-likeness (QED) is 0.530. The van der Waals surface area contributed by atoms with Gasteiger partial charge in [-0.05, 0) is 34.7 Å². The van der Waals surface area contributed by atoms with E-state index in [4.69, 9.17) is 16.9 Å². The van der Waals surface area contributed by atoms with Crippen LogP contribution >= 0.6 is 34.2 Å². The molecule has 56 valence electrons. The minimum Gasteiger partial charge on any atom is -0.205 e. The number of nitrogens with zero attached hydrogens (tertiary/aromatic N) is 1. The van der Waals surface area contributed by atoms with Gasteiger partial charge in [-0.15, -0.1) is 0 Å². The molecular formula is C7H2ClFIN. The first-order valence-corrected chi connectivity index (χ1v) is 4.16. The Labute approximate surface area is 81.9 Å². The Morgan fingerprint density at radius 3 is 2.64 bits per heavy atom. The van der Waals surface area contributed by atoms with Crippen molar-refractivity contribution in [2.24, 2.45) is 0 Å². The first-order chi connectivity index (χ1) is 5.16. The summed E-state index contributed by atoms with van der Waals surface area (Å²) in [4.78, 5) is 0. The summed E-state index contributed by atoms with van der Waals surface area (Å²) in [7, 11) is 0. The van der Waals surface area contributed by atoms with Gasteiger partial charge in [0.15, 0.2) is 0 Å². The van der Waals surface area contributed by atoms with Crippen LogP contribution in [0, 0.1) is 20.7 Å². The molecule has 11 heavy (non-hydrogen) atoms. The van der Waals surface area contributed by atoms with E-state index in [2.05, 4.69) is 0 Å². The fourth-order valence-corrected chi connectivity index (χ4v) is 1.57. The largest absolute Gasteiger partial charge is 0.205 e. The van der Waals surface area contributed by atoms with Crippen LogP contribution in [0.3, 0.4) is 0 Å². The van der Waals surface area contributed by atoms with Crippen LogP contribution in [-0.2, 0) is 0 Å². The SMILES string of the molecule is N#Cc1c(I)ccc(F)c1Cl. The average molecular weight is 281 g/mol. The van der Waals surface area contributed by atoms with Crippen molar-refractivity contribution in [3.63, 3.8) is 0 Å². The molecule has 0 amide bonds. The first-order valence-electron chi connectivity index (χ1n) is 2.70. The van der Waals surface area contributed by atoms with Gasteiger partial charge in [0, 0.05) is 3.57 Å². The monoisotopic (exact) mass is 281 g/mol.